The van der Waals surface area contributed by atoms with Crippen molar-refractivity contribution in [2.24, 2.45) is 5.92 Å². The van der Waals surface area contributed by atoms with Crippen molar-refractivity contribution in [2.45, 2.75) is 76.7 Å². The molecule has 2 aromatic heterocycles. The van der Waals surface area contributed by atoms with E-state index in [2.05, 4.69) is 15.1 Å². The highest BCUT2D eigenvalue weighted by Gasteiger charge is 2.52. The maximum absolute atomic E-state index is 13.3. The molecule has 0 spiro atoms. The molecule has 0 radical (unpaired) electrons. The van der Waals surface area contributed by atoms with Gasteiger partial charge in [-0.05, 0) is 58.6 Å². The van der Waals surface area contributed by atoms with Crippen molar-refractivity contribution in [3.63, 3.8) is 0 Å². The molecular formula is C28H28Cl2N4O5. The van der Waals surface area contributed by atoms with E-state index in [1.54, 1.807) is 43.9 Å². The molecule has 3 aromatic rings. The molecule has 1 amide bonds. The molecule has 204 valence electrons. The van der Waals surface area contributed by atoms with Crippen LogP contribution < -0.4 is 4.90 Å². The topological polar surface area (TPSA) is 108 Å². The van der Waals surface area contributed by atoms with Crippen molar-refractivity contribution in [2.75, 3.05) is 4.90 Å². The summed E-state index contributed by atoms with van der Waals surface area (Å²) in [5, 5.41) is 5.30. The molecule has 6 rings (SSSR count). The molecule has 11 heteroatoms. The molecule has 1 saturated heterocycles. The SMILES string of the molecule is CC(C)(C)OC(=O)c1ncc(N2C(=O)[C@@H]3C[C@H]2C[C@H]3OCc2c(-c3c(Cl)cccc3Cl)noc2C2CC2)cn1. The van der Waals surface area contributed by atoms with Gasteiger partial charge in [-0.15, -0.1) is 0 Å². The predicted octanol–water partition coefficient (Wildman–Crippen LogP) is 5.98. The van der Waals surface area contributed by atoms with Gasteiger partial charge in [0.2, 0.25) is 11.7 Å². The van der Waals surface area contributed by atoms with Gasteiger partial charge in [-0.2, -0.15) is 0 Å². The summed E-state index contributed by atoms with van der Waals surface area (Å²) in [4.78, 5) is 35.6. The van der Waals surface area contributed by atoms with E-state index in [9.17, 15) is 9.59 Å². The zero-order valence-corrected chi connectivity index (χ0v) is 23.3. The first-order valence-electron chi connectivity index (χ1n) is 13.0. The Kier molecular flexibility index (Phi) is 6.64. The molecule has 0 N–H and O–H groups in total. The van der Waals surface area contributed by atoms with E-state index in [0.717, 1.165) is 24.2 Å². The van der Waals surface area contributed by atoms with Gasteiger partial charge in [0.25, 0.3) is 0 Å². The van der Waals surface area contributed by atoms with Gasteiger partial charge in [-0.25, -0.2) is 14.8 Å². The molecule has 2 saturated carbocycles. The zero-order valence-electron chi connectivity index (χ0n) is 21.8. The second-order valence-corrected chi connectivity index (χ2v) is 12.1. The molecule has 39 heavy (non-hydrogen) atoms. The standard InChI is InChI=1S/C28H28Cl2N4O5/c1-28(2,3)38-27(36)25-31-11-16(12-32-25)34-15-9-17(26(34)35)21(10-15)37-13-18-23(33-39-24(18)14-7-8-14)22-19(29)5-4-6-20(22)30/h4-6,11-12,14-15,17,21H,7-10,13H2,1-3H3/t15-,17+,21+/m0/s1. The van der Waals surface area contributed by atoms with Crippen molar-refractivity contribution in [1.82, 2.24) is 15.1 Å². The lowest BCUT2D eigenvalue weighted by Crippen LogP contribution is -2.43. The first kappa shape index (κ1) is 26.2. The normalized spacial score (nSPS) is 22.5. The lowest BCUT2D eigenvalue weighted by atomic mass is 10.0. The van der Waals surface area contributed by atoms with Gasteiger partial charge < -0.3 is 18.9 Å². The van der Waals surface area contributed by atoms with Crippen LogP contribution >= 0.6 is 23.2 Å². The molecule has 3 aliphatic rings. The van der Waals surface area contributed by atoms with Crippen LogP contribution in [0.5, 0.6) is 0 Å². The number of fused-ring (bicyclic) bond motifs is 2. The molecule has 3 heterocycles. The Hall–Kier alpha value is -3.01. The summed E-state index contributed by atoms with van der Waals surface area (Å²) in [7, 11) is 0. The zero-order chi connectivity index (χ0) is 27.5. The monoisotopic (exact) mass is 570 g/mol. The summed E-state index contributed by atoms with van der Waals surface area (Å²) in [6, 6.07) is 5.29. The molecule has 9 nitrogen and oxygen atoms in total. The maximum atomic E-state index is 13.3. The van der Waals surface area contributed by atoms with Crippen LogP contribution in [0, 0.1) is 5.92 Å². The van der Waals surface area contributed by atoms with E-state index in [1.165, 1.54) is 12.4 Å². The smallest absolute Gasteiger partial charge is 0.376 e. The number of carbonyl (C=O) groups excluding carboxylic acids is 2. The number of amides is 1. The van der Waals surface area contributed by atoms with Gasteiger partial charge in [0.05, 0.1) is 46.8 Å². The molecule has 2 bridgehead atoms. The van der Waals surface area contributed by atoms with Gasteiger partial charge in [-0.3, -0.25) is 4.79 Å². The number of piperidine rings is 1. The summed E-state index contributed by atoms with van der Waals surface area (Å²) in [5.74, 6) is 0.158. The number of anilines is 1. The van der Waals surface area contributed by atoms with E-state index in [-0.39, 0.29) is 36.4 Å². The maximum Gasteiger partial charge on any atom is 0.376 e. The fraction of sp³-hybridized carbons (Fsp3) is 0.464. The third-order valence-electron chi connectivity index (χ3n) is 7.30. The van der Waals surface area contributed by atoms with Gasteiger partial charge in [0.15, 0.2) is 0 Å². The minimum Gasteiger partial charge on any atom is -0.454 e. The Morgan fingerprint density at radius 3 is 2.44 bits per heavy atom. The second-order valence-electron chi connectivity index (χ2n) is 11.3. The number of rotatable bonds is 7. The van der Waals surface area contributed by atoms with E-state index in [1.807, 2.05) is 0 Å². The van der Waals surface area contributed by atoms with Crippen molar-refractivity contribution in [3.05, 3.63) is 57.8 Å². The molecular weight excluding hydrogens is 543 g/mol. The van der Waals surface area contributed by atoms with E-state index in [0.29, 0.717) is 45.7 Å². The summed E-state index contributed by atoms with van der Waals surface area (Å²) in [6.07, 6.45) is 6.19. The first-order chi connectivity index (χ1) is 18.6. The average molecular weight is 571 g/mol. The van der Waals surface area contributed by atoms with Gasteiger partial charge >= 0.3 is 5.97 Å². The van der Waals surface area contributed by atoms with Crippen LogP contribution in [0.1, 0.15) is 74.3 Å². The molecule has 1 aromatic carbocycles. The quantitative estimate of drug-likeness (QED) is 0.319. The summed E-state index contributed by atoms with van der Waals surface area (Å²) in [5.41, 5.74) is 1.96. The Balaban J connectivity index is 1.16. The van der Waals surface area contributed by atoms with Crippen LogP contribution in [-0.4, -0.2) is 44.7 Å². The van der Waals surface area contributed by atoms with Crippen LogP contribution in [0.25, 0.3) is 11.3 Å². The number of halogens is 2. The van der Waals surface area contributed by atoms with Crippen LogP contribution in [0.3, 0.4) is 0 Å². The molecule has 1 aliphatic heterocycles. The Labute approximate surface area is 235 Å². The lowest BCUT2D eigenvalue weighted by Gasteiger charge is -2.31. The molecule has 3 fully saturated rings. The molecule has 0 unspecified atom stereocenters. The number of carbonyl (C=O) groups is 2. The number of esters is 1. The van der Waals surface area contributed by atoms with Crippen LogP contribution in [0.15, 0.2) is 35.1 Å². The summed E-state index contributed by atoms with van der Waals surface area (Å²) >= 11 is 12.9. The number of hydrogen-bond acceptors (Lipinski definition) is 8. The highest BCUT2D eigenvalue weighted by Crippen LogP contribution is 2.47. The van der Waals surface area contributed by atoms with E-state index >= 15 is 0 Å². The third-order valence-corrected chi connectivity index (χ3v) is 7.93. The average Bonchev–Trinajstić information content (AvgIpc) is 3.38. The fourth-order valence-corrected chi connectivity index (χ4v) is 6.01. The van der Waals surface area contributed by atoms with Crippen molar-refractivity contribution in [1.29, 1.82) is 0 Å². The van der Waals surface area contributed by atoms with Crippen LogP contribution in [0.2, 0.25) is 10.0 Å². The fourth-order valence-electron chi connectivity index (χ4n) is 5.44. The van der Waals surface area contributed by atoms with Gasteiger partial charge in [-0.1, -0.05) is 34.4 Å². The largest absolute Gasteiger partial charge is 0.454 e. The Morgan fingerprint density at radius 1 is 1.13 bits per heavy atom. The number of ether oxygens (including phenoxy) is 2. The predicted molar refractivity (Wildman–Crippen MR) is 144 cm³/mol. The number of nitrogens with zero attached hydrogens (tertiary/aromatic N) is 4. The van der Waals surface area contributed by atoms with Gasteiger partial charge in [0, 0.05) is 23.1 Å². The summed E-state index contributed by atoms with van der Waals surface area (Å²) < 4.78 is 17.4. The minimum atomic E-state index is -0.648. The Morgan fingerprint density at radius 2 is 1.82 bits per heavy atom. The van der Waals surface area contributed by atoms with Crippen molar-refractivity contribution >= 4 is 40.8 Å². The highest BCUT2D eigenvalue weighted by atomic mass is 35.5. The first-order valence-corrected chi connectivity index (χ1v) is 13.8. The van der Waals surface area contributed by atoms with E-state index in [4.69, 9.17) is 37.2 Å². The minimum absolute atomic E-state index is 0.0352. The number of hydrogen-bond donors (Lipinski definition) is 0. The van der Waals surface area contributed by atoms with Crippen LogP contribution in [-0.2, 0) is 20.9 Å². The van der Waals surface area contributed by atoms with E-state index < -0.39 is 11.6 Å². The second kappa shape index (κ2) is 9.87. The Bertz CT molecular complexity index is 1410. The third kappa shape index (κ3) is 5.03. The summed E-state index contributed by atoms with van der Waals surface area (Å²) in [6.45, 7) is 5.58. The lowest BCUT2D eigenvalue weighted by molar-refractivity contribution is -0.126. The molecule has 3 atom stereocenters. The number of benzene rings is 1. The number of aromatic nitrogens is 3. The van der Waals surface area contributed by atoms with Crippen molar-refractivity contribution < 1.29 is 23.6 Å². The highest BCUT2D eigenvalue weighted by molar-refractivity contribution is 6.39. The van der Waals surface area contributed by atoms with Gasteiger partial charge in [0.1, 0.15) is 17.1 Å². The molecule has 2 aliphatic carbocycles. The van der Waals surface area contributed by atoms with Crippen molar-refractivity contribution in [3.8, 4) is 11.3 Å². The van der Waals surface area contributed by atoms with Crippen LogP contribution in [0.4, 0.5) is 5.69 Å².